The van der Waals surface area contributed by atoms with Gasteiger partial charge in [0, 0.05) is 22.9 Å². The van der Waals surface area contributed by atoms with Crippen molar-refractivity contribution in [2.24, 2.45) is 0 Å². The number of anilines is 1. The lowest BCUT2D eigenvalue weighted by Crippen LogP contribution is -2.23. The van der Waals surface area contributed by atoms with Gasteiger partial charge in [-0.3, -0.25) is 4.79 Å². The zero-order chi connectivity index (χ0) is 12.0. The summed E-state index contributed by atoms with van der Waals surface area (Å²) in [4.78, 5) is 12.5. The highest BCUT2D eigenvalue weighted by molar-refractivity contribution is 7.99. The first-order chi connectivity index (χ1) is 7.69. The van der Waals surface area contributed by atoms with E-state index in [1.54, 1.807) is 18.2 Å². The molecule has 0 aliphatic rings. The number of thioether (sulfide) groups is 1. The van der Waals surface area contributed by atoms with Crippen LogP contribution in [0.3, 0.4) is 0 Å². The second-order valence-electron chi connectivity index (χ2n) is 3.19. The summed E-state index contributed by atoms with van der Waals surface area (Å²) in [6.07, 6.45) is 0. The van der Waals surface area contributed by atoms with Crippen molar-refractivity contribution in [3.05, 3.63) is 23.8 Å². The fourth-order valence-corrected chi connectivity index (χ4v) is 2.10. The summed E-state index contributed by atoms with van der Waals surface area (Å²) in [5.41, 5.74) is 6.89. The van der Waals surface area contributed by atoms with Crippen molar-refractivity contribution in [3.8, 4) is 0 Å². The molecule has 0 unspecified atom stereocenters. The number of benzene rings is 1. The quantitative estimate of drug-likeness (QED) is 0.532. The van der Waals surface area contributed by atoms with Crippen molar-refractivity contribution in [2.45, 2.75) is 11.8 Å². The Labute approximate surface area is 99.2 Å². The number of carbonyl (C=O) groups is 1. The van der Waals surface area contributed by atoms with Crippen LogP contribution in [0.25, 0.3) is 0 Å². The summed E-state index contributed by atoms with van der Waals surface area (Å²) in [5.74, 6) is 0.443. The molecule has 0 radical (unpaired) electrons. The van der Waals surface area contributed by atoms with E-state index in [2.05, 4.69) is 5.32 Å². The van der Waals surface area contributed by atoms with E-state index in [-0.39, 0.29) is 12.5 Å². The molecule has 16 heavy (non-hydrogen) atoms. The van der Waals surface area contributed by atoms with Gasteiger partial charge in [0.05, 0.1) is 12.2 Å². The molecule has 5 heteroatoms. The van der Waals surface area contributed by atoms with Crippen LogP contribution in [0.5, 0.6) is 0 Å². The average Bonchev–Trinajstić information content (AvgIpc) is 2.26. The van der Waals surface area contributed by atoms with Gasteiger partial charge in [-0.2, -0.15) is 0 Å². The van der Waals surface area contributed by atoms with Gasteiger partial charge < -0.3 is 16.2 Å². The Bertz CT molecular complexity index is 369. The molecule has 0 saturated heterocycles. The number of rotatable bonds is 5. The molecule has 4 nitrogen and oxygen atoms in total. The molecule has 4 N–H and O–H groups in total. The molecule has 0 heterocycles. The Morgan fingerprint density at radius 2 is 2.31 bits per heavy atom. The molecule has 0 aromatic heterocycles. The molecule has 0 bridgehead atoms. The maximum atomic E-state index is 11.7. The zero-order valence-electron chi connectivity index (χ0n) is 9.19. The van der Waals surface area contributed by atoms with Crippen molar-refractivity contribution in [3.63, 3.8) is 0 Å². The number of nitrogen functional groups attached to an aromatic ring is 1. The topological polar surface area (TPSA) is 75.4 Å². The van der Waals surface area contributed by atoms with E-state index in [0.29, 0.717) is 23.5 Å². The fourth-order valence-electron chi connectivity index (χ4n) is 1.26. The van der Waals surface area contributed by atoms with E-state index >= 15 is 0 Å². The first-order valence-corrected chi connectivity index (χ1v) is 6.09. The third kappa shape index (κ3) is 3.43. The van der Waals surface area contributed by atoms with Crippen molar-refractivity contribution in [2.75, 3.05) is 24.6 Å². The molecular formula is C11H16N2O2S. The van der Waals surface area contributed by atoms with Crippen LogP contribution in [0, 0.1) is 0 Å². The van der Waals surface area contributed by atoms with Crippen LogP contribution in [0.15, 0.2) is 23.1 Å². The van der Waals surface area contributed by atoms with Crippen molar-refractivity contribution < 1.29 is 9.90 Å². The van der Waals surface area contributed by atoms with Gasteiger partial charge in [0.1, 0.15) is 0 Å². The Hall–Kier alpha value is -1.20. The number of aliphatic hydroxyl groups is 1. The van der Waals surface area contributed by atoms with Gasteiger partial charge in [0.25, 0.3) is 5.91 Å². The molecule has 0 fully saturated rings. The highest BCUT2D eigenvalue weighted by Crippen LogP contribution is 2.24. The Morgan fingerprint density at radius 1 is 1.56 bits per heavy atom. The van der Waals surface area contributed by atoms with Gasteiger partial charge in [-0.05, 0) is 25.1 Å². The predicted octanol–water partition coefficient (Wildman–Crippen LogP) is 1.10. The number of nitrogens with one attached hydrogen (secondary N) is 1. The van der Waals surface area contributed by atoms with Gasteiger partial charge in [0.2, 0.25) is 0 Å². The largest absolute Gasteiger partial charge is 0.399 e. The predicted molar refractivity (Wildman–Crippen MR) is 66.7 cm³/mol. The van der Waals surface area contributed by atoms with E-state index in [1.807, 2.05) is 6.92 Å². The summed E-state index contributed by atoms with van der Waals surface area (Å²) in [5, 5.41) is 11.5. The van der Waals surface area contributed by atoms with Crippen LogP contribution in [0.4, 0.5) is 5.69 Å². The lowest BCUT2D eigenvalue weighted by Gasteiger charge is -2.09. The number of hydrogen-bond acceptors (Lipinski definition) is 4. The summed E-state index contributed by atoms with van der Waals surface area (Å²) in [6.45, 7) is 2.54. The van der Waals surface area contributed by atoms with E-state index in [0.717, 1.165) is 4.90 Å². The minimum absolute atomic E-state index is 0.0777. The first kappa shape index (κ1) is 12.9. The van der Waals surface area contributed by atoms with Gasteiger partial charge in [0.15, 0.2) is 0 Å². The normalized spacial score (nSPS) is 10.1. The van der Waals surface area contributed by atoms with Crippen LogP contribution in [0.2, 0.25) is 0 Å². The average molecular weight is 240 g/mol. The van der Waals surface area contributed by atoms with Crippen LogP contribution < -0.4 is 11.1 Å². The van der Waals surface area contributed by atoms with E-state index in [1.165, 1.54) is 11.8 Å². The first-order valence-electron chi connectivity index (χ1n) is 5.10. The third-order valence-electron chi connectivity index (χ3n) is 1.94. The highest BCUT2D eigenvalue weighted by atomic mass is 32.2. The molecule has 0 atom stereocenters. The molecule has 0 saturated carbocycles. The fraction of sp³-hybridized carbons (Fsp3) is 0.364. The number of carbonyl (C=O) groups excluding carboxylic acids is 1. The van der Waals surface area contributed by atoms with Crippen LogP contribution in [-0.2, 0) is 0 Å². The van der Waals surface area contributed by atoms with Gasteiger partial charge in [-0.15, -0.1) is 11.8 Å². The van der Waals surface area contributed by atoms with Crippen LogP contribution in [0.1, 0.15) is 17.3 Å². The summed E-state index contributed by atoms with van der Waals surface area (Å²) in [7, 11) is 0. The summed E-state index contributed by atoms with van der Waals surface area (Å²) < 4.78 is 0. The Morgan fingerprint density at radius 3 is 2.94 bits per heavy atom. The molecule has 0 aliphatic carbocycles. The van der Waals surface area contributed by atoms with E-state index in [9.17, 15) is 4.79 Å². The van der Waals surface area contributed by atoms with Crippen LogP contribution in [-0.4, -0.2) is 29.9 Å². The third-order valence-corrected chi connectivity index (χ3v) is 2.97. The molecule has 1 aromatic rings. The molecule has 1 amide bonds. The molecule has 0 aliphatic heterocycles. The molecular weight excluding hydrogens is 224 g/mol. The molecule has 88 valence electrons. The van der Waals surface area contributed by atoms with Gasteiger partial charge in [-0.25, -0.2) is 0 Å². The minimum atomic E-state index is -0.108. The monoisotopic (exact) mass is 240 g/mol. The van der Waals surface area contributed by atoms with Crippen molar-refractivity contribution >= 4 is 23.4 Å². The summed E-state index contributed by atoms with van der Waals surface area (Å²) in [6, 6.07) is 5.17. The maximum absolute atomic E-state index is 11.7. The second-order valence-corrected chi connectivity index (χ2v) is 4.32. The number of aliphatic hydroxyl groups excluding tert-OH is 1. The summed E-state index contributed by atoms with van der Waals surface area (Å²) >= 11 is 1.42. The van der Waals surface area contributed by atoms with Crippen molar-refractivity contribution in [1.29, 1.82) is 0 Å². The van der Waals surface area contributed by atoms with E-state index < -0.39 is 0 Å². The smallest absolute Gasteiger partial charge is 0.252 e. The standard InChI is InChI=1S/C11H16N2O2S/c1-2-13-11(15)9-4-3-8(12)7-10(9)16-6-5-14/h3-4,7,14H,2,5-6,12H2,1H3,(H,13,15). The second kappa shape index (κ2) is 6.40. The van der Waals surface area contributed by atoms with Crippen LogP contribution >= 0.6 is 11.8 Å². The number of amides is 1. The van der Waals surface area contributed by atoms with E-state index in [4.69, 9.17) is 10.8 Å². The molecule has 1 aromatic carbocycles. The van der Waals surface area contributed by atoms with Gasteiger partial charge >= 0.3 is 0 Å². The zero-order valence-corrected chi connectivity index (χ0v) is 10.0. The SMILES string of the molecule is CCNC(=O)c1ccc(N)cc1SCCO. The van der Waals surface area contributed by atoms with Crippen molar-refractivity contribution in [1.82, 2.24) is 5.32 Å². The lowest BCUT2D eigenvalue weighted by molar-refractivity contribution is 0.0953. The Balaban J connectivity index is 2.92. The molecule has 1 rings (SSSR count). The Kier molecular flexibility index (Phi) is 5.14. The maximum Gasteiger partial charge on any atom is 0.252 e. The highest BCUT2D eigenvalue weighted by Gasteiger charge is 2.10. The minimum Gasteiger partial charge on any atom is -0.399 e. The van der Waals surface area contributed by atoms with Gasteiger partial charge in [-0.1, -0.05) is 0 Å². The number of nitrogens with two attached hydrogens (primary N) is 1. The molecule has 0 spiro atoms. The lowest BCUT2D eigenvalue weighted by atomic mass is 10.2. The number of hydrogen-bond donors (Lipinski definition) is 3.